The first-order valence-corrected chi connectivity index (χ1v) is 7.29. The quantitative estimate of drug-likeness (QED) is 0.573. The van der Waals surface area contributed by atoms with Crippen LogP contribution in [0.2, 0.25) is 0 Å². The number of phosphoric acid groups is 1. The highest BCUT2D eigenvalue weighted by Crippen LogP contribution is 2.48. The molecule has 1 rings (SSSR count). The lowest BCUT2D eigenvalue weighted by Gasteiger charge is -2.23. The Labute approximate surface area is 113 Å². The van der Waals surface area contributed by atoms with Crippen LogP contribution in [0, 0.1) is 5.41 Å². The molecule has 1 heterocycles. The largest absolute Gasteiger partial charge is 0.479 e. The third-order valence-corrected chi connectivity index (χ3v) is 3.29. The van der Waals surface area contributed by atoms with Crippen molar-refractivity contribution in [2.24, 2.45) is 5.41 Å². The van der Waals surface area contributed by atoms with Crippen molar-refractivity contribution in [1.29, 1.82) is 0 Å². The maximum atomic E-state index is 11.7. The second-order valence-corrected chi connectivity index (χ2v) is 7.02. The van der Waals surface area contributed by atoms with E-state index in [1.165, 1.54) is 0 Å². The summed E-state index contributed by atoms with van der Waals surface area (Å²) >= 11 is 0. The summed E-state index contributed by atoms with van der Waals surface area (Å²) in [6, 6.07) is -0.839. The summed E-state index contributed by atoms with van der Waals surface area (Å²) in [5.74, 6) is -1.30. The number of hydrogen-bond donors (Lipinski definition) is 2. The van der Waals surface area contributed by atoms with Crippen molar-refractivity contribution >= 4 is 21.6 Å². The van der Waals surface area contributed by atoms with E-state index in [-0.39, 0.29) is 18.4 Å². The van der Waals surface area contributed by atoms with Gasteiger partial charge in [0.1, 0.15) is 14.0 Å². The van der Waals surface area contributed by atoms with Crippen LogP contribution in [0.25, 0.3) is 0 Å². The molecular formula is C10H18BO7P. The first-order chi connectivity index (χ1) is 8.50. The molecule has 2 N–H and O–H groups in total. The second kappa shape index (κ2) is 5.93. The summed E-state index contributed by atoms with van der Waals surface area (Å²) in [6.45, 7) is 5.46. The van der Waals surface area contributed by atoms with Gasteiger partial charge in [-0.25, -0.2) is 9.36 Å². The number of aliphatic carboxylic acids is 1. The first-order valence-electron chi connectivity index (χ1n) is 5.80. The SMILES string of the molecule is [B][C@H]1C[C@@H](OP(=O)(O)OCC(C)(C)C)[C@@H](C(=O)O)O1. The lowest BCUT2D eigenvalue weighted by molar-refractivity contribution is -0.151. The van der Waals surface area contributed by atoms with Gasteiger partial charge >= 0.3 is 13.8 Å². The van der Waals surface area contributed by atoms with E-state index in [0.717, 1.165) is 0 Å². The minimum Gasteiger partial charge on any atom is -0.479 e. The van der Waals surface area contributed by atoms with Crippen molar-refractivity contribution in [3.05, 3.63) is 0 Å². The van der Waals surface area contributed by atoms with E-state index >= 15 is 0 Å². The van der Waals surface area contributed by atoms with E-state index < -0.39 is 32.0 Å². The number of phosphoric ester groups is 1. The maximum absolute atomic E-state index is 11.7. The molecule has 0 spiro atoms. The monoisotopic (exact) mass is 292 g/mol. The molecule has 9 heteroatoms. The van der Waals surface area contributed by atoms with Crippen LogP contribution in [0.5, 0.6) is 0 Å². The molecule has 1 aliphatic heterocycles. The van der Waals surface area contributed by atoms with Gasteiger partial charge in [0.25, 0.3) is 0 Å². The smallest absolute Gasteiger partial charge is 0.472 e. The van der Waals surface area contributed by atoms with Crippen LogP contribution in [0.4, 0.5) is 0 Å². The summed E-state index contributed by atoms with van der Waals surface area (Å²) in [5.41, 5.74) is -0.323. The molecule has 108 valence electrons. The van der Waals surface area contributed by atoms with Gasteiger partial charge in [-0.2, -0.15) is 0 Å². The van der Waals surface area contributed by atoms with Gasteiger partial charge in [0.15, 0.2) is 6.10 Å². The highest BCUT2D eigenvalue weighted by molar-refractivity contribution is 7.47. The molecule has 1 saturated heterocycles. The van der Waals surface area contributed by atoms with Crippen LogP contribution < -0.4 is 0 Å². The van der Waals surface area contributed by atoms with Crippen molar-refractivity contribution in [3.8, 4) is 0 Å². The molecule has 19 heavy (non-hydrogen) atoms. The topological polar surface area (TPSA) is 102 Å². The minimum absolute atomic E-state index is 0.00184. The maximum Gasteiger partial charge on any atom is 0.472 e. The first kappa shape index (κ1) is 16.7. The number of carbonyl (C=O) groups is 1. The fourth-order valence-corrected chi connectivity index (χ4v) is 2.63. The number of carboxylic acid groups (broad SMARTS) is 1. The molecule has 0 saturated carbocycles. The van der Waals surface area contributed by atoms with E-state index in [1.807, 2.05) is 20.8 Å². The molecule has 1 unspecified atom stereocenters. The van der Waals surface area contributed by atoms with Crippen LogP contribution in [0.1, 0.15) is 27.2 Å². The molecule has 0 amide bonds. The summed E-state index contributed by atoms with van der Waals surface area (Å²) in [6.07, 6.45) is -2.46. The Kier molecular flexibility index (Phi) is 5.20. The van der Waals surface area contributed by atoms with Crippen molar-refractivity contribution in [1.82, 2.24) is 0 Å². The fraction of sp³-hybridized carbons (Fsp3) is 0.900. The van der Waals surface area contributed by atoms with Crippen molar-refractivity contribution in [3.63, 3.8) is 0 Å². The normalized spacial score (nSPS) is 31.1. The summed E-state index contributed by atoms with van der Waals surface area (Å²) in [4.78, 5) is 20.4. The Morgan fingerprint density at radius 2 is 2.11 bits per heavy atom. The lowest BCUT2D eigenvalue weighted by Crippen LogP contribution is -2.32. The van der Waals surface area contributed by atoms with Gasteiger partial charge in [-0.05, 0) is 11.8 Å². The van der Waals surface area contributed by atoms with Crippen molar-refractivity contribution < 1.29 is 33.1 Å². The zero-order chi connectivity index (χ0) is 14.8. The average Bonchev–Trinajstić information content (AvgIpc) is 2.55. The fourth-order valence-electron chi connectivity index (χ4n) is 1.48. The molecule has 0 aromatic rings. The van der Waals surface area contributed by atoms with Gasteiger partial charge < -0.3 is 14.7 Å². The third kappa shape index (κ3) is 5.63. The van der Waals surface area contributed by atoms with Crippen molar-refractivity contribution in [2.45, 2.75) is 45.4 Å². The molecule has 0 aliphatic carbocycles. The molecule has 1 aliphatic rings. The highest BCUT2D eigenvalue weighted by Gasteiger charge is 2.43. The Hall–Kier alpha value is -0.395. The highest BCUT2D eigenvalue weighted by atomic mass is 31.2. The zero-order valence-corrected chi connectivity index (χ0v) is 12.0. The molecular weight excluding hydrogens is 274 g/mol. The Morgan fingerprint density at radius 1 is 1.53 bits per heavy atom. The van der Waals surface area contributed by atoms with E-state index in [0.29, 0.717) is 0 Å². The number of hydrogen-bond acceptors (Lipinski definition) is 5. The predicted molar refractivity (Wildman–Crippen MR) is 66.8 cm³/mol. The third-order valence-electron chi connectivity index (χ3n) is 2.30. The zero-order valence-electron chi connectivity index (χ0n) is 11.1. The molecule has 7 nitrogen and oxygen atoms in total. The van der Waals surface area contributed by atoms with Crippen LogP contribution >= 0.6 is 7.82 Å². The van der Waals surface area contributed by atoms with Gasteiger partial charge in [-0.3, -0.25) is 9.05 Å². The van der Waals surface area contributed by atoms with E-state index in [9.17, 15) is 14.3 Å². The van der Waals surface area contributed by atoms with E-state index in [4.69, 9.17) is 26.7 Å². The van der Waals surface area contributed by atoms with E-state index in [2.05, 4.69) is 0 Å². The minimum atomic E-state index is -4.34. The predicted octanol–water partition coefficient (Wildman–Crippen LogP) is 0.903. The molecule has 2 radical (unpaired) electrons. The van der Waals surface area contributed by atoms with Crippen LogP contribution in [-0.2, 0) is 23.1 Å². The van der Waals surface area contributed by atoms with Crippen LogP contribution in [-0.4, -0.2) is 48.6 Å². The summed E-state index contributed by atoms with van der Waals surface area (Å²) in [7, 11) is 1.10. The molecule has 0 aromatic carbocycles. The lowest BCUT2D eigenvalue weighted by atomic mass is 9.96. The van der Waals surface area contributed by atoms with Crippen LogP contribution in [0.15, 0.2) is 0 Å². The van der Waals surface area contributed by atoms with Gasteiger partial charge in [-0.15, -0.1) is 0 Å². The second-order valence-electron chi connectivity index (χ2n) is 5.62. The Bertz CT molecular complexity index is 381. The molecule has 0 bridgehead atoms. The van der Waals surface area contributed by atoms with Gasteiger partial charge in [0.05, 0.1) is 6.61 Å². The Balaban J connectivity index is 2.61. The molecule has 1 fully saturated rings. The van der Waals surface area contributed by atoms with Crippen molar-refractivity contribution in [2.75, 3.05) is 6.61 Å². The van der Waals surface area contributed by atoms with Crippen LogP contribution in [0.3, 0.4) is 0 Å². The van der Waals surface area contributed by atoms with E-state index in [1.54, 1.807) is 0 Å². The number of ether oxygens (including phenoxy) is 1. The summed E-state index contributed by atoms with van der Waals surface area (Å²) in [5, 5.41) is 8.88. The standard InChI is InChI=1S/C10H18BO7P/c1-10(2,3)5-16-19(14,15)18-6-4-7(11)17-8(6)9(12)13/h6-8H,4-5H2,1-3H3,(H,12,13)(H,14,15)/t6-,7-,8+/m1/s1. The van der Waals surface area contributed by atoms with Gasteiger partial charge in [0, 0.05) is 6.00 Å². The number of carboxylic acids is 1. The summed E-state index contributed by atoms with van der Waals surface area (Å²) < 4.78 is 26.3. The Morgan fingerprint density at radius 3 is 2.58 bits per heavy atom. The average molecular weight is 292 g/mol. The van der Waals surface area contributed by atoms with Gasteiger partial charge in [-0.1, -0.05) is 20.8 Å². The van der Waals surface area contributed by atoms with Gasteiger partial charge in [0.2, 0.25) is 0 Å². The molecule has 4 atom stereocenters. The number of rotatable bonds is 5. The molecule has 0 aromatic heterocycles.